The van der Waals surface area contributed by atoms with Crippen LogP contribution in [0.25, 0.3) is 11.4 Å². The van der Waals surface area contributed by atoms with Crippen molar-refractivity contribution in [3.05, 3.63) is 24.3 Å². The molecule has 7 nitrogen and oxygen atoms in total. The summed E-state index contributed by atoms with van der Waals surface area (Å²) in [6.07, 6.45) is 3.67. The van der Waals surface area contributed by atoms with E-state index in [4.69, 9.17) is 5.73 Å². The van der Waals surface area contributed by atoms with E-state index >= 15 is 0 Å². The quantitative estimate of drug-likeness (QED) is 0.877. The van der Waals surface area contributed by atoms with Crippen LogP contribution in [0, 0.1) is 5.92 Å². The number of anilines is 1. The number of aryl methyl sites for hydroxylation is 1. The molecular weight excluding hydrogens is 292 g/mol. The first-order valence-electron chi connectivity index (χ1n) is 8.09. The molecule has 0 spiro atoms. The highest BCUT2D eigenvalue weighted by atomic mass is 16.1. The Balaban J connectivity index is 1.69. The highest BCUT2D eigenvalue weighted by Crippen LogP contribution is 2.27. The molecule has 2 atom stereocenters. The minimum atomic E-state index is 0.0135. The van der Waals surface area contributed by atoms with Gasteiger partial charge in [-0.2, -0.15) is 0 Å². The lowest BCUT2D eigenvalue weighted by Gasteiger charge is -2.15. The fourth-order valence-corrected chi connectivity index (χ4v) is 3.13. The molecule has 0 bridgehead atoms. The van der Waals surface area contributed by atoms with Gasteiger partial charge in [-0.1, -0.05) is 18.6 Å². The average Bonchev–Trinajstić information content (AvgIpc) is 3.17. The van der Waals surface area contributed by atoms with Crippen molar-refractivity contribution in [1.29, 1.82) is 0 Å². The summed E-state index contributed by atoms with van der Waals surface area (Å²) in [5.41, 5.74) is 7.67. The Morgan fingerprint density at radius 2 is 2.30 bits per heavy atom. The van der Waals surface area contributed by atoms with Crippen molar-refractivity contribution in [3.63, 3.8) is 0 Å². The van der Waals surface area contributed by atoms with E-state index in [1.807, 2.05) is 31.2 Å². The SMILES string of the molecule is CCn1nnnc1-c1cccc(NC(=O)C[C@@H]2CCC[C@H]2N)c1. The molecule has 23 heavy (non-hydrogen) atoms. The predicted molar refractivity (Wildman–Crippen MR) is 87.5 cm³/mol. The number of hydrogen-bond donors (Lipinski definition) is 2. The zero-order valence-electron chi connectivity index (χ0n) is 13.3. The lowest BCUT2D eigenvalue weighted by Crippen LogP contribution is -2.28. The summed E-state index contributed by atoms with van der Waals surface area (Å²) in [5.74, 6) is 1.01. The fourth-order valence-electron chi connectivity index (χ4n) is 3.13. The van der Waals surface area contributed by atoms with Gasteiger partial charge < -0.3 is 11.1 Å². The van der Waals surface area contributed by atoms with Gasteiger partial charge in [0, 0.05) is 30.3 Å². The van der Waals surface area contributed by atoms with Gasteiger partial charge in [-0.25, -0.2) is 4.68 Å². The minimum absolute atomic E-state index is 0.0135. The Hall–Kier alpha value is -2.28. The molecule has 1 amide bonds. The predicted octanol–water partition coefficient (Wildman–Crippen LogP) is 1.82. The molecule has 1 aliphatic rings. The summed E-state index contributed by atoms with van der Waals surface area (Å²) in [4.78, 5) is 12.2. The third kappa shape index (κ3) is 3.56. The standard InChI is InChI=1S/C16H22N6O/c1-2-22-16(19-20-21-22)12-6-3-7-13(9-12)18-15(23)10-11-5-4-8-14(11)17/h3,6-7,9,11,14H,2,4-5,8,10,17H2,1H3,(H,18,23)/t11-,14+/m0/s1. The molecule has 1 saturated carbocycles. The largest absolute Gasteiger partial charge is 0.327 e. The number of nitrogens with zero attached hydrogens (tertiary/aromatic N) is 4. The minimum Gasteiger partial charge on any atom is -0.327 e. The summed E-state index contributed by atoms with van der Waals surface area (Å²) in [5, 5.41) is 14.6. The van der Waals surface area contributed by atoms with Gasteiger partial charge in [0.2, 0.25) is 5.91 Å². The first-order chi connectivity index (χ1) is 11.2. The van der Waals surface area contributed by atoms with E-state index in [9.17, 15) is 4.79 Å². The van der Waals surface area contributed by atoms with Crippen LogP contribution in [0.1, 0.15) is 32.6 Å². The first-order valence-corrected chi connectivity index (χ1v) is 8.09. The molecule has 122 valence electrons. The molecule has 1 heterocycles. The van der Waals surface area contributed by atoms with Gasteiger partial charge in [-0.15, -0.1) is 5.10 Å². The average molecular weight is 314 g/mol. The number of rotatable bonds is 5. The van der Waals surface area contributed by atoms with Crippen molar-refractivity contribution in [2.24, 2.45) is 11.7 Å². The van der Waals surface area contributed by atoms with E-state index in [-0.39, 0.29) is 11.9 Å². The lowest BCUT2D eigenvalue weighted by molar-refractivity contribution is -0.117. The third-order valence-corrected chi connectivity index (χ3v) is 4.40. The van der Waals surface area contributed by atoms with Crippen molar-refractivity contribution in [1.82, 2.24) is 20.2 Å². The Kier molecular flexibility index (Phi) is 4.66. The van der Waals surface area contributed by atoms with Crippen LogP contribution in [0.4, 0.5) is 5.69 Å². The molecule has 0 unspecified atom stereocenters. The van der Waals surface area contributed by atoms with Gasteiger partial charge in [0.05, 0.1) is 0 Å². The highest BCUT2D eigenvalue weighted by molar-refractivity contribution is 5.91. The molecule has 1 aliphatic carbocycles. The maximum absolute atomic E-state index is 12.2. The fraction of sp³-hybridized carbons (Fsp3) is 0.500. The second-order valence-electron chi connectivity index (χ2n) is 6.01. The lowest BCUT2D eigenvalue weighted by atomic mass is 10.00. The van der Waals surface area contributed by atoms with E-state index in [1.165, 1.54) is 0 Å². The summed E-state index contributed by atoms with van der Waals surface area (Å²) >= 11 is 0. The van der Waals surface area contributed by atoms with E-state index in [1.54, 1.807) is 4.68 Å². The maximum atomic E-state index is 12.2. The molecule has 0 saturated heterocycles. The number of benzene rings is 1. The van der Waals surface area contributed by atoms with Crippen LogP contribution in [0.3, 0.4) is 0 Å². The smallest absolute Gasteiger partial charge is 0.224 e. The van der Waals surface area contributed by atoms with Gasteiger partial charge in [0.1, 0.15) is 0 Å². The van der Waals surface area contributed by atoms with E-state index in [2.05, 4.69) is 20.8 Å². The van der Waals surface area contributed by atoms with Crippen LogP contribution in [-0.2, 0) is 11.3 Å². The van der Waals surface area contributed by atoms with Crippen molar-refractivity contribution < 1.29 is 4.79 Å². The number of tetrazole rings is 1. The van der Waals surface area contributed by atoms with Crippen LogP contribution in [0.5, 0.6) is 0 Å². The Bertz CT molecular complexity index is 683. The number of carbonyl (C=O) groups excluding carboxylic acids is 1. The highest BCUT2D eigenvalue weighted by Gasteiger charge is 2.26. The van der Waals surface area contributed by atoms with Crippen LogP contribution in [0.2, 0.25) is 0 Å². The van der Waals surface area contributed by atoms with Gasteiger partial charge in [0.15, 0.2) is 5.82 Å². The Morgan fingerprint density at radius 1 is 1.43 bits per heavy atom. The van der Waals surface area contributed by atoms with Crippen LogP contribution >= 0.6 is 0 Å². The summed E-state index contributed by atoms with van der Waals surface area (Å²) in [6.45, 7) is 2.68. The second kappa shape index (κ2) is 6.87. The molecule has 3 rings (SSSR count). The van der Waals surface area contributed by atoms with E-state index < -0.39 is 0 Å². The van der Waals surface area contributed by atoms with Crippen LogP contribution < -0.4 is 11.1 Å². The topological polar surface area (TPSA) is 98.7 Å². The number of hydrogen-bond acceptors (Lipinski definition) is 5. The Morgan fingerprint density at radius 3 is 3.04 bits per heavy atom. The van der Waals surface area contributed by atoms with Gasteiger partial charge >= 0.3 is 0 Å². The zero-order valence-corrected chi connectivity index (χ0v) is 13.3. The van der Waals surface area contributed by atoms with Gasteiger partial charge in [-0.3, -0.25) is 4.79 Å². The third-order valence-electron chi connectivity index (χ3n) is 4.40. The van der Waals surface area contributed by atoms with E-state index in [0.29, 0.717) is 24.7 Å². The molecule has 7 heteroatoms. The van der Waals surface area contributed by atoms with Gasteiger partial charge in [-0.05, 0) is 48.2 Å². The summed E-state index contributed by atoms with van der Waals surface area (Å²) in [6, 6.07) is 7.74. The van der Waals surface area contributed by atoms with Crippen LogP contribution in [0.15, 0.2) is 24.3 Å². The molecule has 1 fully saturated rings. The monoisotopic (exact) mass is 314 g/mol. The van der Waals surface area contributed by atoms with Crippen LogP contribution in [-0.4, -0.2) is 32.2 Å². The molecule has 1 aromatic heterocycles. The zero-order chi connectivity index (χ0) is 16.2. The normalized spacial score (nSPS) is 20.6. The molecule has 0 aliphatic heterocycles. The molecule has 3 N–H and O–H groups in total. The van der Waals surface area contributed by atoms with Crippen molar-refractivity contribution in [2.45, 2.75) is 45.2 Å². The maximum Gasteiger partial charge on any atom is 0.224 e. The summed E-state index contributed by atoms with van der Waals surface area (Å²) in [7, 11) is 0. The molecule has 0 radical (unpaired) electrons. The number of aromatic nitrogens is 4. The number of carbonyl (C=O) groups is 1. The number of nitrogens with two attached hydrogens (primary N) is 1. The molecular formula is C16H22N6O. The molecule has 1 aromatic carbocycles. The van der Waals surface area contributed by atoms with Crippen molar-refractivity contribution in [2.75, 3.05) is 5.32 Å². The number of amides is 1. The molecule has 2 aromatic rings. The summed E-state index contributed by atoms with van der Waals surface area (Å²) < 4.78 is 1.72. The first kappa shape index (κ1) is 15.6. The second-order valence-corrected chi connectivity index (χ2v) is 6.01. The van der Waals surface area contributed by atoms with Gasteiger partial charge in [0.25, 0.3) is 0 Å². The number of nitrogens with one attached hydrogen (secondary N) is 1. The Labute approximate surface area is 135 Å². The van der Waals surface area contributed by atoms with E-state index in [0.717, 1.165) is 30.5 Å². The van der Waals surface area contributed by atoms with Crippen molar-refractivity contribution >= 4 is 11.6 Å². The van der Waals surface area contributed by atoms with Crippen molar-refractivity contribution in [3.8, 4) is 11.4 Å².